The third-order valence-electron chi connectivity index (χ3n) is 7.37. The highest BCUT2D eigenvalue weighted by molar-refractivity contribution is 5.98. The summed E-state index contributed by atoms with van der Waals surface area (Å²) < 4.78 is 1.74. The molecule has 1 aromatic heterocycles. The first-order valence-electron chi connectivity index (χ1n) is 13.9. The highest BCUT2D eigenvalue weighted by Gasteiger charge is 2.31. The third kappa shape index (κ3) is 7.57. The maximum Gasteiger partial charge on any atom is 0.250 e. The predicted molar refractivity (Wildman–Crippen MR) is 155 cm³/mol. The SMILES string of the molecule is CC1CCN(C(=O)C(c2ccccc2)n2cnc(NC(=O)C(CCc3ccccc3)NC(=O)C(C)(C)N)c2)CC1. The van der Waals surface area contributed by atoms with Gasteiger partial charge in [0.15, 0.2) is 5.82 Å². The molecule has 2 unspecified atom stereocenters. The minimum absolute atomic E-state index is 0.00607. The Bertz CT molecular complexity index is 1280. The largest absolute Gasteiger partial charge is 0.343 e. The van der Waals surface area contributed by atoms with Crippen LogP contribution in [0.2, 0.25) is 0 Å². The molecule has 0 radical (unpaired) electrons. The van der Waals surface area contributed by atoms with Crippen molar-refractivity contribution in [1.82, 2.24) is 19.8 Å². The molecule has 1 aliphatic heterocycles. The van der Waals surface area contributed by atoms with Crippen LogP contribution in [-0.2, 0) is 20.8 Å². The van der Waals surface area contributed by atoms with E-state index in [4.69, 9.17) is 5.73 Å². The van der Waals surface area contributed by atoms with E-state index >= 15 is 0 Å². The lowest BCUT2D eigenvalue weighted by molar-refractivity contribution is -0.135. The number of hydrogen-bond donors (Lipinski definition) is 3. The molecule has 1 saturated heterocycles. The fourth-order valence-corrected chi connectivity index (χ4v) is 4.80. The number of carbonyl (C=O) groups excluding carboxylic acids is 3. The Morgan fingerprint density at radius 2 is 1.65 bits per heavy atom. The molecule has 4 N–H and O–H groups in total. The van der Waals surface area contributed by atoms with E-state index in [-0.39, 0.29) is 5.91 Å². The number of benzene rings is 2. The maximum atomic E-state index is 13.7. The van der Waals surface area contributed by atoms with Crippen molar-refractivity contribution in [1.29, 1.82) is 0 Å². The van der Waals surface area contributed by atoms with E-state index in [2.05, 4.69) is 22.5 Å². The van der Waals surface area contributed by atoms with Gasteiger partial charge in [-0.05, 0) is 56.6 Å². The quantitative estimate of drug-likeness (QED) is 0.361. The standard InChI is InChI=1S/C31H40N6O3/c1-22-16-18-36(19-17-22)29(39)27(24-12-8-5-9-13-24)37-20-26(33-21-37)35-28(38)25(34-30(40)31(2,3)32)15-14-23-10-6-4-7-11-23/h4-13,20-22,25,27H,14-19,32H2,1-3H3,(H,34,40)(H,35,38). The first-order valence-corrected chi connectivity index (χ1v) is 13.9. The lowest BCUT2D eigenvalue weighted by Crippen LogP contribution is -2.55. The molecule has 9 heteroatoms. The predicted octanol–water partition coefficient (Wildman–Crippen LogP) is 3.52. The molecule has 2 atom stereocenters. The number of nitrogens with zero attached hydrogens (tertiary/aromatic N) is 3. The van der Waals surface area contributed by atoms with Gasteiger partial charge in [-0.25, -0.2) is 4.98 Å². The summed E-state index contributed by atoms with van der Waals surface area (Å²) >= 11 is 0. The van der Waals surface area contributed by atoms with Crippen molar-refractivity contribution in [3.8, 4) is 0 Å². The topological polar surface area (TPSA) is 122 Å². The molecule has 40 heavy (non-hydrogen) atoms. The number of hydrogen-bond acceptors (Lipinski definition) is 5. The number of nitrogens with two attached hydrogens (primary N) is 1. The van der Waals surface area contributed by atoms with Gasteiger partial charge in [-0.1, -0.05) is 67.6 Å². The van der Waals surface area contributed by atoms with Gasteiger partial charge >= 0.3 is 0 Å². The molecule has 2 heterocycles. The van der Waals surface area contributed by atoms with E-state index in [0.29, 0.717) is 24.6 Å². The molecule has 1 fully saturated rings. The van der Waals surface area contributed by atoms with Crippen molar-refractivity contribution in [2.45, 2.75) is 64.1 Å². The summed E-state index contributed by atoms with van der Waals surface area (Å²) in [5, 5.41) is 5.63. The highest BCUT2D eigenvalue weighted by Crippen LogP contribution is 2.26. The van der Waals surface area contributed by atoms with Gasteiger partial charge in [0.05, 0.1) is 11.9 Å². The summed E-state index contributed by atoms with van der Waals surface area (Å²) in [6.45, 7) is 6.86. The van der Waals surface area contributed by atoms with Crippen molar-refractivity contribution in [3.05, 3.63) is 84.3 Å². The number of anilines is 1. The summed E-state index contributed by atoms with van der Waals surface area (Å²) in [7, 11) is 0. The number of amides is 3. The molecular weight excluding hydrogens is 504 g/mol. The molecular formula is C31H40N6O3. The Hall–Kier alpha value is -3.98. The van der Waals surface area contributed by atoms with Crippen LogP contribution < -0.4 is 16.4 Å². The summed E-state index contributed by atoms with van der Waals surface area (Å²) in [5.74, 6) is 0.0983. The van der Waals surface area contributed by atoms with Crippen LogP contribution in [0, 0.1) is 5.92 Å². The van der Waals surface area contributed by atoms with Gasteiger partial charge in [0.25, 0.3) is 0 Å². The molecule has 3 amide bonds. The average Bonchev–Trinajstić information content (AvgIpc) is 3.39. The van der Waals surface area contributed by atoms with Crippen LogP contribution in [0.4, 0.5) is 5.82 Å². The Labute approximate surface area is 236 Å². The molecule has 0 saturated carbocycles. The molecule has 4 rings (SSSR count). The number of rotatable bonds is 10. The lowest BCUT2D eigenvalue weighted by Gasteiger charge is -2.33. The summed E-state index contributed by atoms with van der Waals surface area (Å²) in [5.41, 5.74) is 6.75. The Balaban J connectivity index is 1.52. The van der Waals surface area contributed by atoms with E-state index in [9.17, 15) is 14.4 Å². The summed E-state index contributed by atoms with van der Waals surface area (Å²) in [6, 6.07) is 17.9. The number of likely N-dealkylation sites (tertiary alicyclic amines) is 1. The Morgan fingerprint density at radius 1 is 1.02 bits per heavy atom. The normalized spacial score (nSPS) is 15.8. The number of piperidine rings is 1. The molecule has 2 aromatic carbocycles. The molecule has 212 valence electrons. The van der Waals surface area contributed by atoms with E-state index < -0.39 is 29.4 Å². The fourth-order valence-electron chi connectivity index (χ4n) is 4.80. The van der Waals surface area contributed by atoms with Gasteiger partial charge in [0, 0.05) is 19.3 Å². The molecule has 0 bridgehead atoms. The van der Waals surface area contributed by atoms with Crippen molar-refractivity contribution in [2.24, 2.45) is 11.7 Å². The van der Waals surface area contributed by atoms with Crippen LogP contribution in [0.15, 0.2) is 73.2 Å². The average molecular weight is 545 g/mol. The number of aromatic nitrogens is 2. The van der Waals surface area contributed by atoms with Gasteiger partial charge in [0.1, 0.15) is 12.1 Å². The second-order valence-corrected chi connectivity index (χ2v) is 11.3. The minimum Gasteiger partial charge on any atom is -0.343 e. The van der Waals surface area contributed by atoms with Gasteiger partial charge < -0.3 is 25.8 Å². The first-order chi connectivity index (χ1) is 19.1. The van der Waals surface area contributed by atoms with Gasteiger partial charge in [-0.15, -0.1) is 0 Å². The van der Waals surface area contributed by atoms with E-state index in [1.54, 1.807) is 30.9 Å². The fraction of sp³-hybridized carbons (Fsp3) is 0.419. The molecule has 9 nitrogen and oxygen atoms in total. The summed E-state index contributed by atoms with van der Waals surface area (Å²) in [4.78, 5) is 46.0. The van der Waals surface area contributed by atoms with Crippen molar-refractivity contribution in [3.63, 3.8) is 0 Å². The van der Waals surface area contributed by atoms with Crippen LogP contribution in [-0.4, -0.2) is 56.8 Å². The Kier molecular flexibility index (Phi) is 9.37. The van der Waals surface area contributed by atoms with Crippen LogP contribution in [0.1, 0.15) is 57.2 Å². The van der Waals surface area contributed by atoms with Gasteiger partial charge in [-0.2, -0.15) is 0 Å². The van der Waals surface area contributed by atoms with Crippen LogP contribution >= 0.6 is 0 Å². The van der Waals surface area contributed by atoms with E-state index in [1.165, 1.54) is 0 Å². The van der Waals surface area contributed by atoms with Gasteiger partial charge in [0.2, 0.25) is 17.7 Å². The summed E-state index contributed by atoms with van der Waals surface area (Å²) in [6.07, 6.45) is 6.18. The van der Waals surface area contributed by atoms with Crippen LogP contribution in [0.25, 0.3) is 0 Å². The smallest absolute Gasteiger partial charge is 0.250 e. The molecule has 3 aromatic rings. The zero-order chi connectivity index (χ0) is 28.7. The van der Waals surface area contributed by atoms with E-state index in [1.807, 2.05) is 65.6 Å². The number of nitrogens with one attached hydrogen (secondary N) is 2. The number of aryl methyl sites for hydroxylation is 1. The molecule has 0 aliphatic carbocycles. The highest BCUT2D eigenvalue weighted by atomic mass is 16.2. The van der Waals surface area contributed by atoms with Crippen molar-refractivity contribution in [2.75, 3.05) is 18.4 Å². The third-order valence-corrected chi connectivity index (χ3v) is 7.37. The zero-order valence-electron chi connectivity index (χ0n) is 23.5. The first kappa shape index (κ1) is 29.0. The van der Waals surface area contributed by atoms with Crippen LogP contribution in [0.5, 0.6) is 0 Å². The second kappa shape index (κ2) is 12.9. The lowest BCUT2D eigenvalue weighted by atomic mass is 9.97. The van der Waals surface area contributed by atoms with Gasteiger partial charge in [-0.3, -0.25) is 14.4 Å². The molecule has 0 spiro atoms. The van der Waals surface area contributed by atoms with E-state index in [0.717, 1.165) is 37.1 Å². The maximum absolute atomic E-state index is 13.7. The second-order valence-electron chi connectivity index (χ2n) is 11.3. The number of imidazole rings is 1. The number of carbonyl (C=O) groups is 3. The Morgan fingerprint density at radius 3 is 2.27 bits per heavy atom. The molecule has 1 aliphatic rings. The van der Waals surface area contributed by atoms with Crippen molar-refractivity contribution >= 4 is 23.5 Å². The zero-order valence-corrected chi connectivity index (χ0v) is 23.5. The minimum atomic E-state index is -1.14. The van der Waals surface area contributed by atoms with Crippen LogP contribution in [0.3, 0.4) is 0 Å². The van der Waals surface area contributed by atoms with Crippen molar-refractivity contribution < 1.29 is 14.4 Å². The monoisotopic (exact) mass is 544 g/mol.